The lowest BCUT2D eigenvalue weighted by Gasteiger charge is -2.04. The van der Waals surface area contributed by atoms with Crippen LogP contribution in [0.1, 0.15) is 6.92 Å². The second-order valence-electron chi connectivity index (χ2n) is 2.98. The summed E-state index contributed by atoms with van der Waals surface area (Å²) in [6.07, 6.45) is 3.65. The Morgan fingerprint density at radius 2 is 2.13 bits per heavy atom. The van der Waals surface area contributed by atoms with Crippen molar-refractivity contribution in [2.24, 2.45) is 0 Å². The Hall–Kier alpha value is -0.580. The quantitative estimate of drug-likeness (QED) is 0.541. The van der Waals surface area contributed by atoms with E-state index in [-0.39, 0.29) is 0 Å². The van der Waals surface area contributed by atoms with Gasteiger partial charge in [-0.3, -0.25) is 4.98 Å². The molecule has 3 nitrogen and oxygen atoms in total. The summed E-state index contributed by atoms with van der Waals surface area (Å²) < 4.78 is 5.22. The lowest BCUT2D eigenvalue weighted by molar-refractivity contribution is 0.150. The third kappa shape index (κ3) is 6.49. The van der Waals surface area contributed by atoms with Crippen LogP contribution in [0.3, 0.4) is 0 Å². The van der Waals surface area contributed by atoms with Gasteiger partial charge in [0.1, 0.15) is 0 Å². The molecule has 0 radical (unpaired) electrons. The second kappa shape index (κ2) is 8.71. The van der Waals surface area contributed by atoms with E-state index in [1.807, 2.05) is 43.2 Å². The van der Waals surface area contributed by atoms with Gasteiger partial charge >= 0.3 is 0 Å². The van der Waals surface area contributed by atoms with Gasteiger partial charge < -0.3 is 10.1 Å². The van der Waals surface area contributed by atoms with Gasteiger partial charge in [0.25, 0.3) is 0 Å². The number of aromatic nitrogens is 1. The SMILES string of the molecule is CCOCCNCCSc1ccncc1. The Kier molecular flexibility index (Phi) is 7.25. The van der Waals surface area contributed by atoms with E-state index in [1.54, 1.807) is 0 Å². The summed E-state index contributed by atoms with van der Waals surface area (Å²) in [7, 11) is 0. The van der Waals surface area contributed by atoms with Crippen LogP contribution in [-0.2, 0) is 4.74 Å². The van der Waals surface area contributed by atoms with Crippen LogP contribution in [0.25, 0.3) is 0 Å². The molecule has 0 atom stereocenters. The molecule has 1 rings (SSSR count). The van der Waals surface area contributed by atoms with Crippen molar-refractivity contribution in [3.63, 3.8) is 0 Å². The van der Waals surface area contributed by atoms with Crippen molar-refractivity contribution in [3.05, 3.63) is 24.5 Å². The van der Waals surface area contributed by atoms with Crippen LogP contribution in [0.15, 0.2) is 29.4 Å². The molecular formula is C11H18N2OS. The average Bonchev–Trinajstić information content (AvgIpc) is 2.29. The minimum absolute atomic E-state index is 0.799. The van der Waals surface area contributed by atoms with Gasteiger partial charge in [-0.25, -0.2) is 0 Å². The molecule has 1 aromatic rings. The van der Waals surface area contributed by atoms with Gasteiger partial charge in [0, 0.05) is 42.7 Å². The fourth-order valence-corrected chi connectivity index (χ4v) is 1.89. The molecule has 84 valence electrons. The van der Waals surface area contributed by atoms with Gasteiger partial charge in [0.05, 0.1) is 6.61 Å². The van der Waals surface area contributed by atoms with Crippen LogP contribution >= 0.6 is 11.8 Å². The van der Waals surface area contributed by atoms with Gasteiger partial charge in [0.15, 0.2) is 0 Å². The fourth-order valence-electron chi connectivity index (χ4n) is 1.09. The molecule has 0 spiro atoms. The van der Waals surface area contributed by atoms with E-state index in [0.29, 0.717) is 0 Å². The summed E-state index contributed by atoms with van der Waals surface area (Å²) in [5, 5.41) is 3.33. The van der Waals surface area contributed by atoms with Crippen LogP contribution in [-0.4, -0.2) is 37.0 Å². The first-order valence-electron chi connectivity index (χ1n) is 5.24. The van der Waals surface area contributed by atoms with Crippen LogP contribution in [0, 0.1) is 0 Å². The summed E-state index contributed by atoms with van der Waals surface area (Å²) in [5.74, 6) is 1.08. The van der Waals surface area contributed by atoms with Crippen LogP contribution < -0.4 is 5.32 Å². The molecule has 0 saturated carbocycles. The lowest BCUT2D eigenvalue weighted by atomic mass is 10.5. The first-order chi connectivity index (χ1) is 7.43. The highest BCUT2D eigenvalue weighted by atomic mass is 32.2. The number of rotatable bonds is 8. The maximum atomic E-state index is 5.22. The monoisotopic (exact) mass is 226 g/mol. The lowest BCUT2D eigenvalue weighted by Crippen LogP contribution is -2.22. The number of hydrogen-bond acceptors (Lipinski definition) is 4. The molecule has 4 heteroatoms. The van der Waals surface area contributed by atoms with Crippen molar-refractivity contribution in [2.75, 3.05) is 32.1 Å². The smallest absolute Gasteiger partial charge is 0.0590 e. The first-order valence-corrected chi connectivity index (χ1v) is 6.23. The van der Waals surface area contributed by atoms with Gasteiger partial charge in [-0.2, -0.15) is 0 Å². The number of ether oxygens (including phenoxy) is 1. The second-order valence-corrected chi connectivity index (χ2v) is 4.15. The normalized spacial score (nSPS) is 10.5. The Bertz CT molecular complexity index is 244. The number of pyridine rings is 1. The Labute approximate surface area is 95.6 Å². The van der Waals surface area contributed by atoms with Gasteiger partial charge in [0.2, 0.25) is 0 Å². The first kappa shape index (κ1) is 12.5. The molecule has 0 amide bonds. The van der Waals surface area contributed by atoms with Gasteiger partial charge in [-0.05, 0) is 19.1 Å². The molecule has 0 aliphatic carbocycles. The van der Waals surface area contributed by atoms with Gasteiger partial charge in [-0.1, -0.05) is 0 Å². The Morgan fingerprint density at radius 3 is 2.87 bits per heavy atom. The average molecular weight is 226 g/mol. The predicted octanol–water partition coefficient (Wildman–Crippen LogP) is 1.80. The molecule has 15 heavy (non-hydrogen) atoms. The van der Waals surface area contributed by atoms with E-state index in [4.69, 9.17) is 4.74 Å². The minimum Gasteiger partial charge on any atom is -0.380 e. The van der Waals surface area contributed by atoms with Crippen molar-refractivity contribution in [2.45, 2.75) is 11.8 Å². The maximum Gasteiger partial charge on any atom is 0.0590 e. The molecule has 1 aromatic heterocycles. The van der Waals surface area contributed by atoms with E-state index in [1.165, 1.54) is 4.90 Å². The Balaban J connectivity index is 1.93. The highest BCUT2D eigenvalue weighted by Crippen LogP contribution is 2.14. The molecule has 0 saturated heterocycles. The van der Waals surface area contributed by atoms with Crippen LogP contribution in [0.5, 0.6) is 0 Å². The van der Waals surface area contributed by atoms with Crippen molar-refractivity contribution in [3.8, 4) is 0 Å². The number of nitrogens with zero attached hydrogens (tertiary/aromatic N) is 1. The third-order valence-corrected chi connectivity index (χ3v) is 2.84. The summed E-state index contributed by atoms with van der Waals surface area (Å²) >= 11 is 1.84. The molecule has 0 aliphatic rings. The summed E-state index contributed by atoms with van der Waals surface area (Å²) in [4.78, 5) is 5.25. The summed E-state index contributed by atoms with van der Waals surface area (Å²) in [6, 6.07) is 4.07. The van der Waals surface area contributed by atoms with Gasteiger partial charge in [-0.15, -0.1) is 11.8 Å². The number of hydrogen-bond donors (Lipinski definition) is 1. The third-order valence-electron chi connectivity index (χ3n) is 1.82. The van der Waals surface area contributed by atoms with E-state index < -0.39 is 0 Å². The standard InChI is InChI=1S/C11H18N2OS/c1-2-14-9-7-13-8-10-15-11-3-5-12-6-4-11/h3-6,13H,2,7-10H2,1H3. The minimum atomic E-state index is 0.799. The predicted molar refractivity (Wildman–Crippen MR) is 64.3 cm³/mol. The largest absolute Gasteiger partial charge is 0.380 e. The summed E-state index contributed by atoms with van der Waals surface area (Å²) in [6.45, 7) is 5.56. The zero-order valence-corrected chi connectivity index (χ0v) is 9.93. The van der Waals surface area contributed by atoms with E-state index in [2.05, 4.69) is 10.3 Å². The Morgan fingerprint density at radius 1 is 1.33 bits per heavy atom. The van der Waals surface area contributed by atoms with E-state index in [0.717, 1.165) is 32.1 Å². The molecule has 0 aliphatic heterocycles. The highest BCUT2D eigenvalue weighted by Gasteiger charge is 1.92. The molecule has 1 N–H and O–H groups in total. The molecule has 0 aromatic carbocycles. The highest BCUT2D eigenvalue weighted by molar-refractivity contribution is 7.99. The number of nitrogens with one attached hydrogen (secondary N) is 1. The van der Waals surface area contributed by atoms with Crippen molar-refractivity contribution in [1.29, 1.82) is 0 Å². The molecule has 0 fully saturated rings. The van der Waals surface area contributed by atoms with E-state index >= 15 is 0 Å². The zero-order valence-electron chi connectivity index (χ0n) is 9.11. The summed E-state index contributed by atoms with van der Waals surface area (Å²) in [5.41, 5.74) is 0. The van der Waals surface area contributed by atoms with Crippen molar-refractivity contribution < 1.29 is 4.74 Å². The molecule has 1 heterocycles. The molecular weight excluding hydrogens is 208 g/mol. The maximum absolute atomic E-state index is 5.22. The van der Waals surface area contributed by atoms with E-state index in [9.17, 15) is 0 Å². The topological polar surface area (TPSA) is 34.1 Å². The van der Waals surface area contributed by atoms with Crippen molar-refractivity contribution >= 4 is 11.8 Å². The number of thioether (sulfide) groups is 1. The van der Waals surface area contributed by atoms with Crippen molar-refractivity contribution in [1.82, 2.24) is 10.3 Å². The van der Waals surface area contributed by atoms with Crippen LogP contribution in [0.4, 0.5) is 0 Å². The fraction of sp³-hybridized carbons (Fsp3) is 0.545. The zero-order chi connectivity index (χ0) is 10.8. The molecule has 0 bridgehead atoms. The van der Waals surface area contributed by atoms with Crippen LogP contribution in [0.2, 0.25) is 0 Å². The molecule has 0 unspecified atom stereocenters.